The van der Waals surface area contributed by atoms with E-state index in [1.807, 2.05) is 36.5 Å². The maximum atomic E-state index is 11.3. The van der Waals surface area contributed by atoms with Crippen LogP contribution in [0.2, 0.25) is 0 Å². The van der Waals surface area contributed by atoms with Crippen molar-refractivity contribution in [1.82, 2.24) is 4.98 Å². The number of nitrogens with one attached hydrogen (secondary N) is 1. The molecule has 5 N–H and O–H groups in total. The number of primary amides is 1. The first-order chi connectivity index (χ1) is 13.1. The summed E-state index contributed by atoms with van der Waals surface area (Å²) in [5.41, 5.74) is 17.6. The van der Waals surface area contributed by atoms with Crippen LogP contribution in [0.1, 0.15) is 10.4 Å². The highest BCUT2D eigenvalue weighted by molar-refractivity contribution is 5.99. The number of nitrogen functional groups attached to an aromatic ring is 1. The van der Waals surface area contributed by atoms with E-state index < -0.39 is 5.91 Å². The first-order valence-corrected chi connectivity index (χ1v) is 8.52. The van der Waals surface area contributed by atoms with Gasteiger partial charge in [0.25, 0.3) is 0 Å². The minimum absolute atomic E-state index is 0.430. The highest BCUT2D eigenvalue weighted by atomic mass is 16.5. The van der Waals surface area contributed by atoms with Gasteiger partial charge in [0.2, 0.25) is 5.91 Å². The summed E-state index contributed by atoms with van der Waals surface area (Å²) in [5.74, 6) is 0.226. The van der Waals surface area contributed by atoms with Crippen molar-refractivity contribution in [3.8, 4) is 28.0 Å². The van der Waals surface area contributed by atoms with Crippen LogP contribution in [0.4, 0.5) is 5.69 Å². The Bertz CT molecular complexity index is 1140. The molecule has 0 aliphatic rings. The van der Waals surface area contributed by atoms with E-state index in [1.165, 1.54) is 0 Å². The monoisotopic (exact) mass is 357 g/mol. The Kier molecular flexibility index (Phi) is 4.05. The third kappa shape index (κ3) is 3.00. The van der Waals surface area contributed by atoms with Crippen molar-refractivity contribution < 1.29 is 9.53 Å². The molecule has 1 amide bonds. The number of aromatic amines is 1. The Labute approximate surface area is 156 Å². The number of hydrogen-bond donors (Lipinski definition) is 3. The Morgan fingerprint density at radius 3 is 2.30 bits per heavy atom. The molecule has 0 aliphatic heterocycles. The fourth-order valence-electron chi connectivity index (χ4n) is 3.24. The first kappa shape index (κ1) is 16.7. The predicted octanol–water partition coefficient (Wildman–Crippen LogP) is 4.19. The van der Waals surface area contributed by atoms with Crippen LogP contribution < -0.4 is 16.2 Å². The van der Waals surface area contributed by atoms with Gasteiger partial charge in [-0.25, -0.2) is 0 Å². The number of aromatic nitrogens is 1. The summed E-state index contributed by atoms with van der Waals surface area (Å²) in [5, 5.41) is 1.09. The second kappa shape index (κ2) is 6.53. The van der Waals surface area contributed by atoms with Crippen LogP contribution in [0.3, 0.4) is 0 Å². The molecule has 1 heterocycles. The minimum atomic E-state index is -0.430. The standard InChI is InChI=1S/C22H19N3O2/c1-27-21-11-16(6-8-19(21)23)15-7-9-20-17(10-15)18(12-25-20)13-2-4-14(5-3-13)22(24)26/h2-12,25H,23H2,1H3,(H2,24,26). The maximum Gasteiger partial charge on any atom is 0.248 e. The van der Waals surface area contributed by atoms with E-state index in [1.54, 1.807) is 19.2 Å². The Morgan fingerprint density at radius 2 is 1.59 bits per heavy atom. The first-order valence-electron chi connectivity index (χ1n) is 8.52. The molecule has 0 unspecified atom stereocenters. The number of ether oxygens (including phenoxy) is 1. The van der Waals surface area contributed by atoms with Gasteiger partial charge in [-0.1, -0.05) is 24.3 Å². The van der Waals surface area contributed by atoms with Crippen molar-refractivity contribution in [2.24, 2.45) is 5.73 Å². The van der Waals surface area contributed by atoms with E-state index >= 15 is 0 Å². The molecule has 0 bridgehead atoms. The lowest BCUT2D eigenvalue weighted by Gasteiger charge is -2.08. The molecule has 0 saturated heterocycles. The maximum absolute atomic E-state index is 11.3. The van der Waals surface area contributed by atoms with E-state index in [9.17, 15) is 4.79 Å². The lowest BCUT2D eigenvalue weighted by Crippen LogP contribution is -2.10. The van der Waals surface area contributed by atoms with Crippen LogP contribution in [0, 0.1) is 0 Å². The summed E-state index contributed by atoms with van der Waals surface area (Å²) in [7, 11) is 1.61. The zero-order valence-electron chi connectivity index (χ0n) is 14.8. The van der Waals surface area contributed by atoms with Crippen LogP contribution in [-0.2, 0) is 0 Å². The van der Waals surface area contributed by atoms with Gasteiger partial charge in [-0.2, -0.15) is 0 Å². The lowest BCUT2D eigenvalue weighted by molar-refractivity contribution is 0.100. The summed E-state index contributed by atoms with van der Waals surface area (Å²) in [6.45, 7) is 0. The average molecular weight is 357 g/mol. The van der Waals surface area contributed by atoms with Crippen LogP contribution in [0.25, 0.3) is 33.2 Å². The minimum Gasteiger partial charge on any atom is -0.495 e. The molecule has 4 aromatic rings. The number of rotatable bonds is 4. The van der Waals surface area contributed by atoms with Gasteiger partial charge < -0.3 is 21.2 Å². The highest BCUT2D eigenvalue weighted by Gasteiger charge is 2.10. The topological polar surface area (TPSA) is 94.1 Å². The van der Waals surface area contributed by atoms with Crippen LogP contribution >= 0.6 is 0 Å². The largest absolute Gasteiger partial charge is 0.495 e. The predicted molar refractivity (Wildman–Crippen MR) is 109 cm³/mol. The Morgan fingerprint density at radius 1 is 0.926 bits per heavy atom. The fourth-order valence-corrected chi connectivity index (χ4v) is 3.24. The molecule has 5 nitrogen and oxygen atoms in total. The lowest BCUT2D eigenvalue weighted by atomic mass is 9.99. The molecular weight excluding hydrogens is 338 g/mol. The quantitative estimate of drug-likeness (QED) is 0.478. The third-order valence-electron chi connectivity index (χ3n) is 4.73. The summed E-state index contributed by atoms with van der Waals surface area (Å²) >= 11 is 0. The second-order valence-electron chi connectivity index (χ2n) is 6.36. The smallest absolute Gasteiger partial charge is 0.248 e. The normalized spacial score (nSPS) is 10.9. The van der Waals surface area contributed by atoms with Gasteiger partial charge in [0.1, 0.15) is 5.75 Å². The number of H-pyrrole nitrogens is 1. The SMILES string of the molecule is COc1cc(-c2ccc3[nH]cc(-c4ccc(C(N)=O)cc4)c3c2)ccc1N. The number of amides is 1. The molecule has 3 aromatic carbocycles. The van der Waals surface area contributed by atoms with E-state index in [2.05, 4.69) is 23.2 Å². The zero-order chi connectivity index (χ0) is 19.0. The van der Waals surface area contributed by atoms with Gasteiger partial charge in [-0.15, -0.1) is 0 Å². The van der Waals surface area contributed by atoms with Gasteiger partial charge in [0.15, 0.2) is 0 Å². The molecule has 0 spiro atoms. The van der Waals surface area contributed by atoms with Gasteiger partial charge >= 0.3 is 0 Å². The molecule has 0 fully saturated rings. The summed E-state index contributed by atoms with van der Waals surface area (Å²) < 4.78 is 5.33. The number of methoxy groups -OCH3 is 1. The number of hydrogen-bond acceptors (Lipinski definition) is 3. The summed E-state index contributed by atoms with van der Waals surface area (Å²) in [6.07, 6.45) is 1.97. The molecule has 0 saturated carbocycles. The molecule has 0 aliphatic carbocycles. The molecule has 27 heavy (non-hydrogen) atoms. The number of fused-ring (bicyclic) bond motifs is 1. The van der Waals surface area contributed by atoms with Crippen molar-refractivity contribution in [3.05, 3.63) is 72.4 Å². The highest BCUT2D eigenvalue weighted by Crippen LogP contribution is 2.34. The number of nitrogens with two attached hydrogens (primary N) is 2. The summed E-state index contributed by atoms with van der Waals surface area (Å²) in [6, 6.07) is 19.3. The van der Waals surface area contributed by atoms with Crippen molar-refractivity contribution >= 4 is 22.5 Å². The Balaban J connectivity index is 1.80. The average Bonchev–Trinajstić information content (AvgIpc) is 3.11. The van der Waals surface area contributed by atoms with Crippen LogP contribution in [0.15, 0.2) is 66.9 Å². The van der Waals surface area contributed by atoms with E-state index in [4.69, 9.17) is 16.2 Å². The van der Waals surface area contributed by atoms with Crippen molar-refractivity contribution in [2.45, 2.75) is 0 Å². The molecule has 5 heteroatoms. The van der Waals surface area contributed by atoms with E-state index in [-0.39, 0.29) is 0 Å². The Hall–Kier alpha value is -3.73. The van der Waals surface area contributed by atoms with Gasteiger partial charge in [0.05, 0.1) is 12.8 Å². The number of anilines is 1. The molecular formula is C22H19N3O2. The zero-order valence-corrected chi connectivity index (χ0v) is 14.8. The molecule has 0 radical (unpaired) electrons. The molecule has 134 valence electrons. The molecule has 4 rings (SSSR count). The molecule has 1 aromatic heterocycles. The van der Waals surface area contributed by atoms with Gasteiger partial charge in [-0.05, 0) is 53.1 Å². The van der Waals surface area contributed by atoms with E-state index in [0.717, 1.165) is 33.2 Å². The number of benzene rings is 3. The molecule has 0 atom stereocenters. The van der Waals surface area contributed by atoms with E-state index in [0.29, 0.717) is 17.0 Å². The second-order valence-corrected chi connectivity index (χ2v) is 6.36. The van der Waals surface area contributed by atoms with Crippen LogP contribution in [0.5, 0.6) is 5.75 Å². The van der Waals surface area contributed by atoms with Crippen molar-refractivity contribution in [3.63, 3.8) is 0 Å². The van der Waals surface area contributed by atoms with Gasteiger partial charge in [0, 0.05) is 28.2 Å². The van der Waals surface area contributed by atoms with Crippen molar-refractivity contribution in [2.75, 3.05) is 12.8 Å². The number of carbonyl (C=O) groups is 1. The summed E-state index contributed by atoms with van der Waals surface area (Å²) in [4.78, 5) is 14.6. The number of carbonyl (C=O) groups excluding carboxylic acids is 1. The van der Waals surface area contributed by atoms with Crippen LogP contribution in [-0.4, -0.2) is 18.0 Å². The third-order valence-corrected chi connectivity index (χ3v) is 4.73. The fraction of sp³-hybridized carbons (Fsp3) is 0.0455. The van der Waals surface area contributed by atoms with Crippen molar-refractivity contribution in [1.29, 1.82) is 0 Å². The van der Waals surface area contributed by atoms with Gasteiger partial charge in [-0.3, -0.25) is 4.79 Å².